The van der Waals surface area contributed by atoms with Gasteiger partial charge in [0.2, 0.25) is 17.8 Å². The number of hydrogen-bond donors (Lipinski definition) is 3. The van der Waals surface area contributed by atoms with Gasteiger partial charge in [0.05, 0.1) is 20.8 Å². The summed E-state index contributed by atoms with van der Waals surface area (Å²) in [6.07, 6.45) is -0.917. The Hall–Kier alpha value is -3.18. The van der Waals surface area contributed by atoms with Crippen molar-refractivity contribution in [2.75, 3.05) is 36.8 Å². The van der Waals surface area contributed by atoms with Gasteiger partial charge in [0, 0.05) is 0 Å². The first-order chi connectivity index (χ1) is 11.5. The molecule has 0 aliphatic heterocycles. The highest BCUT2D eigenvalue weighted by molar-refractivity contribution is 5.86. The molecule has 0 spiro atoms. The van der Waals surface area contributed by atoms with Crippen LogP contribution >= 0.6 is 0 Å². The molecule has 1 rings (SSSR count). The molecule has 0 bridgehead atoms. The summed E-state index contributed by atoms with van der Waals surface area (Å²) in [5.74, 6) is -0.761. The predicted octanol–water partition coefficient (Wildman–Crippen LogP) is 1.58. The lowest BCUT2D eigenvalue weighted by Gasteiger charge is -2.09. The zero-order valence-electron chi connectivity index (χ0n) is 13.4. The van der Waals surface area contributed by atoms with E-state index < -0.39 is 18.3 Å². The fraction of sp³-hybridized carbons (Fsp3) is 0.500. The van der Waals surface area contributed by atoms with Gasteiger partial charge in [-0.2, -0.15) is 15.0 Å². The van der Waals surface area contributed by atoms with Gasteiger partial charge in [-0.05, 0) is 6.42 Å². The molecule has 12 nitrogen and oxygen atoms in total. The van der Waals surface area contributed by atoms with Crippen LogP contribution in [0.1, 0.15) is 19.8 Å². The molecule has 0 saturated heterocycles. The Labute approximate surface area is 137 Å². The zero-order valence-corrected chi connectivity index (χ0v) is 13.4. The maximum absolute atomic E-state index is 11.6. The highest BCUT2D eigenvalue weighted by Crippen LogP contribution is 2.10. The zero-order chi connectivity index (χ0) is 17.9. The number of nitrogens with one attached hydrogen (secondary N) is 3. The van der Waals surface area contributed by atoms with Gasteiger partial charge < -0.3 is 14.2 Å². The van der Waals surface area contributed by atoms with Crippen molar-refractivity contribution < 1.29 is 28.6 Å². The molecule has 1 heterocycles. The summed E-state index contributed by atoms with van der Waals surface area (Å²) in [4.78, 5) is 45.4. The highest BCUT2D eigenvalue weighted by Gasteiger charge is 2.14. The average Bonchev–Trinajstić information content (AvgIpc) is 2.54. The number of rotatable bonds is 6. The molecule has 0 atom stereocenters. The normalized spacial score (nSPS) is 9.62. The van der Waals surface area contributed by atoms with Gasteiger partial charge in [-0.25, -0.2) is 14.4 Å². The van der Waals surface area contributed by atoms with Gasteiger partial charge >= 0.3 is 18.3 Å². The summed E-state index contributed by atoms with van der Waals surface area (Å²) < 4.78 is 13.7. The maximum Gasteiger partial charge on any atom is 0.414 e. The van der Waals surface area contributed by atoms with Gasteiger partial charge in [0.1, 0.15) is 0 Å². The molecule has 1 aromatic rings. The van der Waals surface area contributed by atoms with Crippen LogP contribution in [0.4, 0.5) is 32.2 Å². The monoisotopic (exact) mass is 342 g/mol. The number of nitrogens with zero attached hydrogens (tertiary/aromatic N) is 3. The summed E-state index contributed by atoms with van der Waals surface area (Å²) in [6.45, 7) is 2.18. The van der Waals surface area contributed by atoms with E-state index in [1.54, 1.807) is 0 Å². The lowest BCUT2D eigenvalue weighted by Crippen LogP contribution is -2.21. The van der Waals surface area contributed by atoms with E-state index in [4.69, 9.17) is 4.74 Å². The number of unbranched alkanes of at least 4 members (excludes halogenated alkanes) is 1. The third-order valence-electron chi connectivity index (χ3n) is 2.38. The van der Waals surface area contributed by atoms with Crippen molar-refractivity contribution in [3.05, 3.63) is 0 Å². The van der Waals surface area contributed by atoms with E-state index in [1.165, 1.54) is 0 Å². The van der Waals surface area contributed by atoms with Crippen LogP contribution in [-0.2, 0) is 14.2 Å². The number of amides is 3. The SMILES string of the molecule is CCCCOC(=O)Nc1nc(NC(=O)OC)nc(NC(=O)OC)n1. The van der Waals surface area contributed by atoms with Gasteiger partial charge in [-0.15, -0.1) is 0 Å². The van der Waals surface area contributed by atoms with Crippen LogP contribution in [0.15, 0.2) is 0 Å². The largest absolute Gasteiger partial charge is 0.453 e. The molecule has 3 N–H and O–H groups in total. The van der Waals surface area contributed by atoms with E-state index in [0.717, 1.165) is 20.6 Å². The molecule has 0 radical (unpaired) electrons. The molecular weight excluding hydrogens is 324 g/mol. The van der Waals surface area contributed by atoms with Crippen LogP contribution in [0.2, 0.25) is 0 Å². The lowest BCUT2D eigenvalue weighted by atomic mass is 10.4. The van der Waals surface area contributed by atoms with Crippen LogP contribution < -0.4 is 16.0 Å². The van der Waals surface area contributed by atoms with Gasteiger partial charge in [-0.3, -0.25) is 16.0 Å². The van der Waals surface area contributed by atoms with E-state index in [1.807, 2.05) is 6.92 Å². The summed E-state index contributed by atoms with van der Waals surface area (Å²) in [7, 11) is 2.29. The fourth-order valence-electron chi connectivity index (χ4n) is 1.26. The van der Waals surface area contributed by atoms with Crippen LogP contribution in [0.5, 0.6) is 0 Å². The van der Waals surface area contributed by atoms with E-state index in [0.29, 0.717) is 6.42 Å². The Morgan fingerprint density at radius 2 is 1.25 bits per heavy atom. The van der Waals surface area contributed by atoms with Gasteiger partial charge in [-0.1, -0.05) is 13.3 Å². The Bertz CT molecular complexity index is 559. The van der Waals surface area contributed by atoms with E-state index in [2.05, 4.69) is 40.4 Å². The molecule has 0 saturated carbocycles. The number of ether oxygens (including phenoxy) is 3. The standard InChI is InChI=1S/C12H18N6O6/c1-4-5-6-24-12(21)18-9-14-7(16-10(19)22-2)13-8(15-9)17-11(20)23-3/h4-6H2,1-3H3,(H3,13,14,15,16,17,18,19,20,21). The van der Waals surface area contributed by atoms with Crippen LogP contribution in [0.3, 0.4) is 0 Å². The first kappa shape index (κ1) is 18.9. The van der Waals surface area contributed by atoms with Crippen molar-refractivity contribution in [2.45, 2.75) is 19.8 Å². The number of methoxy groups -OCH3 is 2. The first-order valence-electron chi connectivity index (χ1n) is 6.88. The molecule has 12 heteroatoms. The highest BCUT2D eigenvalue weighted by atomic mass is 16.6. The first-order valence-corrected chi connectivity index (χ1v) is 6.88. The molecule has 0 aliphatic rings. The second kappa shape index (κ2) is 9.76. The van der Waals surface area contributed by atoms with Crippen molar-refractivity contribution in [1.82, 2.24) is 15.0 Å². The van der Waals surface area contributed by atoms with Crippen molar-refractivity contribution in [2.24, 2.45) is 0 Å². The molecule has 24 heavy (non-hydrogen) atoms. The molecule has 1 aromatic heterocycles. The van der Waals surface area contributed by atoms with E-state index in [-0.39, 0.29) is 24.5 Å². The van der Waals surface area contributed by atoms with Crippen molar-refractivity contribution in [3.8, 4) is 0 Å². The summed E-state index contributed by atoms with van der Waals surface area (Å²) in [6, 6.07) is 0. The predicted molar refractivity (Wildman–Crippen MR) is 81.8 cm³/mol. The van der Waals surface area contributed by atoms with Crippen LogP contribution in [0.25, 0.3) is 0 Å². The van der Waals surface area contributed by atoms with E-state index >= 15 is 0 Å². The summed E-state index contributed by atoms with van der Waals surface area (Å²) in [5, 5.41) is 6.62. The lowest BCUT2D eigenvalue weighted by molar-refractivity contribution is 0.159. The Kier molecular flexibility index (Phi) is 7.67. The molecule has 0 aliphatic carbocycles. The van der Waals surface area contributed by atoms with Crippen molar-refractivity contribution >= 4 is 36.1 Å². The molecule has 0 aromatic carbocycles. The van der Waals surface area contributed by atoms with E-state index in [9.17, 15) is 14.4 Å². The number of aromatic nitrogens is 3. The molecule has 132 valence electrons. The quantitative estimate of drug-likeness (QED) is 0.516. The third-order valence-corrected chi connectivity index (χ3v) is 2.38. The third kappa shape index (κ3) is 6.72. The Morgan fingerprint density at radius 3 is 1.62 bits per heavy atom. The second-order valence-electron chi connectivity index (χ2n) is 4.15. The van der Waals surface area contributed by atoms with Gasteiger partial charge in [0.25, 0.3) is 0 Å². The van der Waals surface area contributed by atoms with Crippen molar-refractivity contribution in [1.29, 1.82) is 0 Å². The minimum atomic E-state index is -0.846. The van der Waals surface area contributed by atoms with Crippen LogP contribution in [0, 0.1) is 0 Å². The minimum Gasteiger partial charge on any atom is -0.453 e. The minimum absolute atomic E-state index is 0.230. The summed E-state index contributed by atoms with van der Waals surface area (Å²) in [5.41, 5.74) is 0. The Morgan fingerprint density at radius 1 is 0.833 bits per heavy atom. The summed E-state index contributed by atoms with van der Waals surface area (Å²) >= 11 is 0. The second-order valence-corrected chi connectivity index (χ2v) is 4.15. The van der Waals surface area contributed by atoms with Gasteiger partial charge in [0.15, 0.2) is 0 Å². The molecule has 3 amide bonds. The fourth-order valence-corrected chi connectivity index (χ4v) is 1.26. The Balaban J connectivity index is 2.89. The molecule has 0 fully saturated rings. The molecular formula is C12H18N6O6. The van der Waals surface area contributed by atoms with Crippen molar-refractivity contribution in [3.63, 3.8) is 0 Å². The molecule has 0 unspecified atom stereocenters. The number of hydrogen-bond acceptors (Lipinski definition) is 9. The topological polar surface area (TPSA) is 154 Å². The smallest absolute Gasteiger partial charge is 0.414 e. The average molecular weight is 342 g/mol. The number of anilines is 3. The maximum atomic E-state index is 11.6. The van der Waals surface area contributed by atoms with Crippen LogP contribution in [-0.4, -0.2) is 54.1 Å². The number of carbonyl (C=O) groups excluding carboxylic acids is 3. The number of carbonyl (C=O) groups is 3.